The number of ether oxygens (including phenoxy) is 4. The Morgan fingerprint density at radius 3 is 2.09 bits per heavy atom. The number of rotatable bonds is 25. The Morgan fingerprint density at radius 2 is 1.47 bits per heavy atom. The molecule has 0 aromatic heterocycles. The zero-order valence-electron chi connectivity index (χ0n) is 27.5. The number of alkyl carbamates (subject to hydrolysis) is 1. The molecule has 264 valence electrons. The van der Waals surface area contributed by atoms with Crippen LogP contribution in [0.2, 0.25) is 0 Å². The number of carbonyl (C=O) groups is 3. The van der Waals surface area contributed by atoms with E-state index in [-0.39, 0.29) is 31.0 Å². The highest BCUT2D eigenvalue weighted by Crippen LogP contribution is 2.34. The van der Waals surface area contributed by atoms with Crippen molar-refractivity contribution in [2.75, 3.05) is 53.2 Å². The molecule has 1 fully saturated rings. The third kappa shape index (κ3) is 18.0. The van der Waals surface area contributed by atoms with Crippen LogP contribution in [0.1, 0.15) is 90.9 Å². The van der Waals surface area contributed by atoms with Crippen LogP contribution in [0, 0.1) is 5.41 Å². The monoisotopic (exact) mass is 649 g/mol. The van der Waals surface area contributed by atoms with E-state index in [9.17, 15) is 34.8 Å². The molecule has 0 aromatic carbocycles. The molecular weight excluding hydrogens is 590 g/mol. The molecule has 1 saturated heterocycles. The molecular formula is C31H59N3O11. The first-order chi connectivity index (χ1) is 21.6. The summed E-state index contributed by atoms with van der Waals surface area (Å²) in [5, 5.41) is 47.0. The lowest BCUT2D eigenvalue weighted by Gasteiger charge is -2.42. The second-order valence-corrected chi connectivity index (χ2v) is 12.1. The molecule has 1 heterocycles. The van der Waals surface area contributed by atoms with Crippen LogP contribution in [-0.4, -0.2) is 122 Å². The Morgan fingerprint density at radius 1 is 0.822 bits per heavy atom. The largest absolute Gasteiger partial charge is 0.450 e. The number of unbranched alkanes of at least 4 members (excludes halogenated alkanes) is 3. The summed E-state index contributed by atoms with van der Waals surface area (Å²) >= 11 is 0. The minimum atomic E-state index is -1.38. The summed E-state index contributed by atoms with van der Waals surface area (Å²) in [5.74, 6) is -0.562. The summed E-state index contributed by atoms with van der Waals surface area (Å²) in [5.41, 5.74) is 0.0986. The number of methoxy groups -OCH3 is 1. The van der Waals surface area contributed by atoms with Gasteiger partial charge in [0.15, 0.2) is 6.29 Å². The Hall–Kier alpha value is -2.07. The normalized spacial score (nSPS) is 22.8. The second-order valence-electron chi connectivity index (χ2n) is 12.1. The van der Waals surface area contributed by atoms with Gasteiger partial charge in [0.05, 0.1) is 19.8 Å². The van der Waals surface area contributed by atoms with Gasteiger partial charge in [0.25, 0.3) is 0 Å². The van der Waals surface area contributed by atoms with Gasteiger partial charge in [-0.3, -0.25) is 9.59 Å². The number of amides is 3. The van der Waals surface area contributed by atoms with E-state index in [2.05, 4.69) is 22.9 Å². The number of aliphatic hydroxyl groups is 4. The molecule has 1 aliphatic heterocycles. The van der Waals surface area contributed by atoms with E-state index in [0.29, 0.717) is 32.7 Å². The molecule has 0 aromatic rings. The maximum absolute atomic E-state index is 12.1. The average Bonchev–Trinajstić information content (AvgIpc) is 3.01. The van der Waals surface area contributed by atoms with E-state index >= 15 is 0 Å². The molecule has 45 heavy (non-hydrogen) atoms. The molecule has 1 aliphatic rings. The van der Waals surface area contributed by atoms with Gasteiger partial charge in [-0.15, -0.1) is 0 Å². The molecule has 14 heteroatoms. The van der Waals surface area contributed by atoms with Crippen LogP contribution in [0.15, 0.2) is 0 Å². The predicted molar refractivity (Wildman–Crippen MR) is 166 cm³/mol. The predicted octanol–water partition coefficient (Wildman–Crippen LogP) is 1.12. The molecule has 6 unspecified atom stereocenters. The first-order valence-corrected chi connectivity index (χ1v) is 16.3. The number of hydrogen-bond donors (Lipinski definition) is 7. The molecule has 6 atom stereocenters. The van der Waals surface area contributed by atoms with Crippen LogP contribution in [0.4, 0.5) is 4.79 Å². The summed E-state index contributed by atoms with van der Waals surface area (Å²) < 4.78 is 21.6. The minimum Gasteiger partial charge on any atom is -0.450 e. The quantitative estimate of drug-likeness (QED) is 0.0698. The van der Waals surface area contributed by atoms with Gasteiger partial charge in [0, 0.05) is 46.8 Å². The molecule has 3 amide bonds. The van der Waals surface area contributed by atoms with Gasteiger partial charge in [0.1, 0.15) is 24.4 Å². The average molecular weight is 650 g/mol. The highest BCUT2D eigenvalue weighted by atomic mass is 16.7. The minimum absolute atomic E-state index is 0.0986. The van der Waals surface area contributed by atoms with Crippen LogP contribution in [-0.2, 0) is 28.5 Å². The fourth-order valence-electron chi connectivity index (χ4n) is 5.39. The first-order valence-electron chi connectivity index (χ1n) is 16.3. The molecule has 0 spiro atoms. The summed E-state index contributed by atoms with van der Waals surface area (Å²) in [4.78, 5) is 35.6. The van der Waals surface area contributed by atoms with Gasteiger partial charge in [0.2, 0.25) is 11.8 Å². The number of nitrogens with one attached hydrogen (secondary N) is 3. The van der Waals surface area contributed by atoms with Gasteiger partial charge in [-0.1, -0.05) is 19.8 Å². The topological polar surface area (TPSA) is 205 Å². The third-order valence-electron chi connectivity index (χ3n) is 8.00. The van der Waals surface area contributed by atoms with Crippen LogP contribution in [0.5, 0.6) is 0 Å². The van der Waals surface area contributed by atoms with Gasteiger partial charge in [-0.2, -0.15) is 0 Å². The van der Waals surface area contributed by atoms with Crippen molar-refractivity contribution in [1.29, 1.82) is 0 Å². The third-order valence-corrected chi connectivity index (χ3v) is 8.00. The van der Waals surface area contributed by atoms with E-state index in [1.165, 1.54) is 6.92 Å². The molecule has 0 bridgehead atoms. The maximum atomic E-state index is 12.1. The Labute approximate surface area is 267 Å². The summed E-state index contributed by atoms with van der Waals surface area (Å²) in [6.07, 6.45) is 4.08. The number of hydrogen-bond acceptors (Lipinski definition) is 11. The van der Waals surface area contributed by atoms with Gasteiger partial charge >= 0.3 is 6.09 Å². The van der Waals surface area contributed by atoms with Crippen molar-refractivity contribution in [1.82, 2.24) is 16.0 Å². The highest BCUT2D eigenvalue weighted by molar-refractivity contribution is 5.75. The van der Waals surface area contributed by atoms with E-state index in [0.717, 1.165) is 64.2 Å². The van der Waals surface area contributed by atoms with Crippen molar-refractivity contribution in [2.45, 2.75) is 122 Å². The highest BCUT2D eigenvalue weighted by Gasteiger charge is 2.45. The van der Waals surface area contributed by atoms with E-state index in [1.807, 2.05) is 0 Å². The SMILES string of the molecule is COCCCC(C)(CCCO)CCCOC(=O)NCCCCCCNC(=O)CCCOC1OC(CO)C(O)C(O)C1NC(C)=O. The van der Waals surface area contributed by atoms with Crippen molar-refractivity contribution in [2.24, 2.45) is 5.41 Å². The van der Waals surface area contributed by atoms with Crippen molar-refractivity contribution < 1.29 is 53.8 Å². The van der Waals surface area contributed by atoms with Crippen molar-refractivity contribution in [3.8, 4) is 0 Å². The number of carbonyl (C=O) groups excluding carboxylic acids is 3. The molecule has 1 rings (SSSR count). The second kappa shape index (κ2) is 24.2. The zero-order chi connectivity index (χ0) is 33.5. The molecule has 0 radical (unpaired) electrons. The van der Waals surface area contributed by atoms with E-state index < -0.39 is 49.3 Å². The van der Waals surface area contributed by atoms with Crippen molar-refractivity contribution in [3.63, 3.8) is 0 Å². The molecule has 7 N–H and O–H groups in total. The molecule has 0 aliphatic carbocycles. The smallest absolute Gasteiger partial charge is 0.407 e. The Balaban J connectivity index is 2.09. The molecule has 14 nitrogen and oxygen atoms in total. The van der Waals surface area contributed by atoms with Crippen LogP contribution in [0.25, 0.3) is 0 Å². The zero-order valence-corrected chi connectivity index (χ0v) is 27.5. The van der Waals surface area contributed by atoms with E-state index in [4.69, 9.17) is 18.9 Å². The maximum Gasteiger partial charge on any atom is 0.407 e. The summed E-state index contributed by atoms with van der Waals surface area (Å²) in [6.45, 7) is 5.39. The van der Waals surface area contributed by atoms with E-state index in [1.54, 1.807) is 7.11 Å². The fraction of sp³-hybridized carbons (Fsp3) is 0.903. The lowest BCUT2D eigenvalue weighted by atomic mass is 9.77. The van der Waals surface area contributed by atoms with Crippen molar-refractivity contribution in [3.05, 3.63) is 0 Å². The van der Waals surface area contributed by atoms with Gasteiger partial charge in [-0.05, 0) is 63.2 Å². The molecule has 0 saturated carbocycles. The van der Waals surface area contributed by atoms with Crippen LogP contribution >= 0.6 is 0 Å². The summed E-state index contributed by atoms with van der Waals surface area (Å²) in [7, 11) is 1.69. The van der Waals surface area contributed by atoms with Crippen molar-refractivity contribution >= 4 is 17.9 Å². The Bertz CT molecular complexity index is 822. The standard InChI is InChI=1S/C31H59N3O11/c1-23(37)34-26-28(40)27(39)24(22-36)45-29(26)43-20-8-12-25(38)32-16-6-4-5-7-17-33-30(41)44-21-11-15-31(2,13-9-18-35)14-10-19-42-3/h24,26-29,35-36,39-40H,4-22H2,1-3H3,(H,32,38)(H,33,41)(H,34,37). The lowest BCUT2D eigenvalue weighted by Crippen LogP contribution is -2.64. The fourth-order valence-corrected chi connectivity index (χ4v) is 5.39. The lowest BCUT2D eigenvalue weighted by molar-refractivity contribution is -0.270. The number of aliphatic hydroxyl groups excluding tert-OH is 4. The first kappa shape index (κ1) is 41.0. The van der Waals surface area contributed by atoms with Gasteiger partial charge in [-0.25, -0.2) is 4.79 Å². The Kier molecular flexibility index (Phi) is 22.0. The summed E-state index contributed by atoms with van der Waals surface area (Å²) in [6, 6.07) is -1.01. The van der Waals surface area contributed by atoms with Crippen LogP contribution in [0.3, 0.4) is 0 Å². The van der Waals surface area contributed by atoms with Crippen LogP contribution < -0.4 is 16.0 Å². The van der Waals surface area contributed by atoms with Gasteiger partial charge < -0.3 is 55.3 Å².